The summed E-state index contributed by atoms with van der Waals surface area (Å²) in [7, 11) is -4.73. The standard InChI is InChI=1S/C45H78NO10P/c1-3-5-7-9-11-13-15-17-19-21-23-25-27-29-31-33-35-37-44(48)56-41(39-54-57(51,52)55-40-42(46)45(49)50)38-53-43(47)36-34-32-30-28-26-24-22-20-18-16-14-12-10-8-6-4-2/h11,13,17,19-20,22-23,25,29,31,41-42H,3-10,12,14-16,18,21,24,26-28,30,32-40,46H2,1-2H3,(H,49,50)(H,51,52)/b13-11-,19-17-,22-20-,25-23-,31-29-/t41-,42+/m1/s1. The maximum absolute atomic E-state index is 12.6. The Bertz CT molecular complexity index is 1200. The van der Waals surface area contributed by atoms with Crippen LogP contribution >= 0.6 is 7.82 Å². The number of esters is 2. The molecule has 0 spiro atoms. The molecule has 0 aliphatic rings. The Morgan fingerprint density at radius 1 is 0.544 bits per heavy atom. The molecule has 0 aliphatic heterocycles. The second-order valence-electron chi connectivity index (χ2n) is 14.5. The van der Waals surface area contributed by atoms with Crippen LogP contribution in [0, 0.1) is 0 Å². The van der Waals surface area contributed by atoms with E-state index in [1.165, 1.54) is 64.2 Å². The topological polar surface area (TPSA) is 172 Å². The summed E-state index contributed by atoms with van der Waals surface area (Å²) in [5.74, 6) is -2.47. The van der Waals surface area contributed by atoms with Gasteiger partial charge in [-0.3, -0.25) is 23.4 Å². The molecule has 1 unspecified atom stereocenters. The van der Waals surface area contributed by atoms with Crippen LogP contribution in [0.25, 0.3) is 0 Å². The fourth-order valence-electron chi connectivity index (χ4n) is 5.52. The van der Waals surface area contributed by atoms with Crippen molar-refractivity contribution in [3.8, 4) is 0 Å². The molecule has 0 aromatic rings. The third-order valence-corrected chi connectivity index (χ3v) is 9.94. The first kappa shape index (κ1) is 54.2. The Kier molecular flexibility index (Phi) is 38.0. The Balaban J connectivity index is 4.48. The van der Waals surface area contributed by atoms with E-state index in [1.807, 2.05) is 12.2 Å². The number of phosphoric ester groups is 1. The number of carbonyl (C=O) groups excluding carboxylic acids is 2. The summed E-state index contributed by atoms with van der Waals surface area (Å²) in [4.78, 5) is 45.9. The zero-order valence-corrected chi connectivity index (χ0v) is 36.3. The van der Waals surface area contributed by atoms with E-state index in [4.69, 9.17) is 24.8 Å². The van der Waals surface area contributed by atoms with Crippen LogP contribution in [0.4, 0.5) is 0 Å². The first-order valence-electron chi connectivity index (χ1n) is 21.8. The summed E-state index contributed by atoms with van der Waals surface area (Å²) in [6.07, 6.45) is 45.8. The minimum Gasteiger partial charge on any atom is -0.480 e. The molecule has 4 N–H and O–H groups in total. The van der Waals surface area contributed by atoms with Gasteiger partial charge in [0.15, 0.2) is 6.10 Å². The van der Waals surface area contributed by atoms with Gasteiger partial charge in [-0.05, 0) is 77.0 Å². The van der Waals surface area contributed by atoms with E-state index in [0.717, 1.165) is 64.2 Å². The summed E-state index contributed by atoms with van der Waals surface area (Å²) in [6.45, 7) is 2.70. The molecule has 12 heteroatoms. The van der Waals surface area contributed by atoms with E-state index < -0.39 is 51.1 Å². The number of hydrogen-bond donors (Lipinski definition) is 3. The maximum Gasteiger partial charge on any atom is 0.472 e. The Morgan fingerprint density at radius 3 is 1.49 bits per heavy atom. The molecule has 328 valence electrons. The number of hydrogen-bond acceptors (Lipinski definition) is 9. The monoisotopic (exact) mass is 824 g/mol. The molecule has 0 saturated carbocycles. The van der Waals surface area contributed by atoms with Crippen molar-refractivity contribution in [2.75, 3.05) is 19.8 Å². The third kappa shape index (κ3) is 39.8. The molecule has 3 atom stereocenters. The summed E-state index contributed by atoms with van der Waals surface area (Å²) in [5, 5.41) is 8.88. The summed E-state index contributed by atoms with van der Waals surface area (Å²) in [6, 6.07) is -1.53. The van der Waals surface area contributed by atoms with Crippen LogP contribution in [-0.2, 0) is 37.5 Å². The van der Waals surface area contributed by atoms with Crippen molar-refractivity contribution in [2.24, 2.45) is 5.73 Å². The fraction of sp³-hybridized carbons (Fsp3) is 0.711. The molecule has 0 amide bonds. The van der Waals surface area contributed by atoms with Crippen molar-refractivity contribution in [3.63, 3.8) is 0 Å². The molecule has 0 aliphatic carbocycles. The number of rotatable bonds is 40. The lowest BCUT2D eigenvalue weighted by Gasteiger charge is -2.20. The number of carboxylic acid groups (broad SMARTS) is 1. The molecule has 0 radical (unpaired) electrons. The molecule has 0 fully saturated rings. The average Bonchev–Trinajstić information content (AvgIpc) is 3.19. The van der Waals surface area contributed by atoms with E-state index in [0.29, 0.717) is 19.3 Å². The zero-order chi connectivity index (χ0) is 42.1. The van der Waals surface area contributed by atoms with Gasteiger partial charge in [0, 0.05) is 12.8 Å². The number of aliphatic carboxylic acids is 1. The molecule has 0 saturated heterocycles. The first-order chi connectivity index (χ1) is 27.6. The van der Waals surface area contributed by atoms with Gasteiger partial charge in [-0.15, -0.1) is 0 Å². The molecular formula is C45H78NO10P. The SMILES string of the molecule is CCCCC/C=C\C/C=C\C/C=C\C/C=C\CCCC(=O)O[C@H](COC(=O)CCCCCCC/C=C\CCCCCCCCC)COP(=O)(O)OC[C@H](N)C(=O)O. The van der Waals surface area contributed by atoms with Gasteiger partial charge in [0.05, 0.1) is 13.2 Å². The zero-order valence-electron chi connectivity index (χ0n) is 35.4. The Hall–Kier alpha value is -2.82. The highest BCUT2D eigenvalue weighted by atomic mass is 31.2. The van der Waals surface area contributed by atoms with Gasteiger partial charge in [-0.25, -0.2) is 4.57 Å². The predicted octanol–water partition coefficient (Wildman–Crippen LogP) is 11.6. The fourth-order valence-corrected chi connectivity index (χ4v) is 6.30. The van der Waals surface area contributed by atoms with Crippen molar-refractivity contribution in [1.82, 2.24) is 0 Å². The molecule has 0 aromatic heterocycles. The number of unbranched alkanes of at least 4 members (excludes halogenated alkanes) is 16. The van der Waals surface area contributed by atoms with Crippen LogP contribution < -0.4 is 5.73 Å². The molecule has 0 aromatic carbocycles. The highest BCUT2D eigenvalue weighted by molar-refractivity contribution is 7.47. The Morgan fingerprint density at radius 2 is 0.947 bits per heavy atom. The largest absolute Gasteiger partial charge is 0.480 e. The summed E-state index contributed by atoms with van der Waals surface area (Å²) < 4.78 is 32.6. The number of ether oxygens (including phenoxy) is 2. The van der Waals surface area contributed by atoms with E-state index in [-0.39, 0.29) is 19.4 Å². The van der Waals surface area contributed by atoms with Crippen molar-refractivity contribution < 1.29 is 47.5 Å². The quantitative estimate of drug-likeness (QED) is 0.0232. The minimum absolute atomic E-state index is 0.0816. The van der Waals surface area contributed by atoms with E-state index in [2.05, 4.69) is 67.0 Å². The molecule has 57 heavy (non-hydrogen) atoms. The van der Waals surface area contributed by atoms with Crippen molar-refractivity contribution in [1.29, 1.82) is 0 Å². The second-order valence-corrected chi connectivity index (χ2v) is 15.9. The normalized spacial score (nSPS) is 14.3. The summed E-state index contributed by atoms with van der Waals surface area (Å²) >= 11 is 0. The van der Waals surface area contributed by atoms with Crippen LogP contribution in [0.3, 0.4) is 0 Å². The first-order valence-corrected chi connectivity index (χ1v) is 23.3. The van der Waals surface area contributed by atoms with Gasteiger partial charge < -0.3 is 25.2 Å². The van der Waals surface area contributed by atoms with Crippen molar-refractivity contribution in [2.45, 2.75) is 187 Å². The lowest BCUT2D eigenvalue weighted by molar-refractivity contribution is -0.161. The number of phosphoric acid groups is 1. The molecule has 0 rings (SSSR count). The molecule has 0 heterocycles. The summed E-state index contributed by atoms with van der Waals surface area (Å²) in [5.41, 5.74) is 5.33. The number of carbonyl (C=O) groups is 3. The van der Waals surface area contributed by atoms with Crippen LogP contribution in [0.1, 0.15) is 174 Å². The highest BCUT2D eigenvalue weighted by Gasteiger charge is 2.28. The van der Waals surface area contributed by atoms with E-state index in [9.17, 15) is 23.8 Å². The lowest BCUT2D eigenvalue weighted by atomic mass is 10.1. The van der Waals surface area contributed by atoms with Crippen LogP contribution in [0.2, 0.25) is 0 Å². The van der Waals surface area contributed by atoms with Gasteiger partial charge in [-0.2, -0.15) is 0 Å². The molecule has 0 bridgehead atoms. The van der Waals surface area contributed by atoms with Gasteiger partial charge in [-0.1, -0.05) is 145 Å². The highest BCUT2D eigenvalue weighted by Crippen LogP contribution is 2.43. The van der Waals surface area contributed by atoms with Crippen LogP contribution in [-0.4, -0.2) is 59.9 Å². The van der Waals surface area contributed by atoms with Crippen molar-refractivity contribution >= 4 is 25.7 Å². The second kappa shape index (κ2) is 40.0. The maximum atomic E-state index is 12.6. The smallest absolute Gasteiger partial charge is 0.472 e. The lowest BCUT2D eigenvalue weighted by Crippen LogP contribution is -2.34. The van der Waals surface area contributed by atoms with E-state index >= 15 is 0 Å². The average molecular weight is 824 g/mol. The van der Waals surface area contributed by atoms with Gasteiger partial charge in [0.2, 0.25) is 0 Å². The van der Waals surface area contributed by atoms with Crippen molar-refractivity contribution in [3.05, 3.63) is 60.8 Å². The van der Waals surface area contributed by atoms with Gasteiger partial charge >= 0.3 is 25.7 Å². The van der Waals surface area contributed by atoms with Gasteiger partial charge in [0.1, 0.15) is 12.6 Å². The molecule has 11 nitrogen and oxygen atoms in total. The Labute approximate surface area is 345 Å². The number of carboxylic acids is 1. The van der Waals surface area contributed by atoms with E-state index in [1.54, 1.807) is 0 Å². The van der Waals surface area contributed by atoms with Crippen LogP contribution in [0.15, 0.2) is 60.8 Å². The predicted molar refractivity (Wildman–Crippen MR) is 231 cm³/mol. The van der Waals surface area contributed by atoms with Gasteiger partial charge in [0.25, 0.3) is 0 Å². The number of nitrogens with two attached hydrogens (primary N) is 1. The molecular weight excluding hydrogens is 745 g/mol. The number of allylic oxidation sites excluding steroid dienone is 10. The minimum atomic E-state index is -4.73. The third-order valence-electron chi connectivity index (χ3n) is 8.99. The van der Waals surface area contributed by atoms with Crippen LogP contribution in [0.5, 0.6) is 0 Å².